The lowest BCUT2D eigenvalue weighted by Gasteiger charge is -2.42. The molecule has 11 nitrogen and oxygen atoms in total. The van der Waals surface area contributed by atoms with E-state index in [2.05, 4.69) is 15.1 Å². The maximum atomic E-state index is 14.5. The summed E-state index contributed by atoms with van der Waals surface area (Å²) in [5.74, 6) is -0.637. The number of nitrogens with zero attached hydrogens (tertiary/aromatic N) is 7. The second kappa shape index (κ2) is 9.11. The molecular weight excluding hydrogens is 588 g/mol. The number of anilines is 2. The Bertz CT molecular complexity index is 1850. The summed E-state index contributed by atoms with van der Waals surface area (Å²) in [4.78, 5) is 11.7. The molecule has 1 aliphatic heterocycles. The van der Waals surface area contributed by atoms with Gasteiger partial charge in [-0.3, -0.25) is 3.97 Å². The van der Waals surface area contributed by atoms with Crippen LogP contribution in [0.4, 0.5) is 20.5 Å². The normalized spacial score (nSPS) is 17.4. The van der Waals surface area contributed by atoms with Crippen molar-refractivity contribution in [2.24, 2.45) is 0 Å². The van der Waals surface area contributed by atoms with Crippen molar-refractivity contribution in [3.63, 3.8) is 0 Å². The third-order valence-corrected chi connectivity index (χ3v) is 11.2. The highest BCUT2D eigenvalue weighted by atomic mass is 35.5. The number of halogens is 3. The molecule has 2 fully saturated rings. The van der Waals surface area contributed by atoms with Crippen LogP contribution in [0.1, 0.15) is 26.7 Å². The third kappa shape index (κ3) is 4.21. The molecule has 16 heteroatoms. The average Bonchev–Trinajstić information content (AvgIpc) is 3.29. The van der Waals surface area contributed by atoms with Gasteiger partial charge in [-0.05, 0) is 38.8 Å². The molecule has 6 rings (SSSR count). The van der Waals surface area contributed by atoms with E-state index in [0.29, 0.717) is 29.7 Å². The summed E-state index contributed by atoms with van der Waals surface area (Å²) in [6.45, 7) is 4.27. The molecule has 2 aliphatic rings. The molecule has 0 atom stereocenters. The van der Waals surface area contributed by atoms with Crippen LogP contribution in [0, 0.1) is 11.6 Å². The van der Waals surface area contributed by atoms with Gasteiger partial charge < -0.3 is 9.80 Å². The van der Waals surface area contributed by atoms with Crippen LogP contribution in [0.2, 0.25) is 5.02 Å². The smallest absolute Gasteiger partial charge is 0.285 e. The number of piperazine rings is 1. The zero-order valence-electron chi connectivity index (χ0n) is 21.4. The Hall–Kier alpha value is -3.30. The first-order valence-corrected chi connectivity index (χ1v) is 15.7. The van der Waals surface area contributed by atoms with Crippen molar-refractivity contribution in [2.45, 2.75) is 42.4 Å². The van der Waals surface area contributed by atoms with E-state index in [4.69, 9.17) is 11.6 Å². The van der Waals surface area contributed by atoms with E-state index in [1.54, 1.807) is 0 Å². The highest BCUT2D eigenvalue weighted by Gasteiger charge is 2.53. The first-order chi connectivity index (χ1) is 18.8. The van der Waals surface area contributed by atoms with Gasteiger partial charge in [0, 0.05) is 38.1 Å². The first kappa shape index (κ1) is 26.9. The van der Waals surface area contributed by atoms with E-state index in [0.717, 1.165) is 59.8 Å². The molecule has 1 saturated carbocycles. The second-order valence-electron chi connectivity index (χ2n) is 10.2. The standard InChI is InChI=1S/C24H24ClF2N7O4S2/c1-15(2)39(35,36)32-6-3-18(13-32)40(37,38)34-20-10-16(26)9-19(25)21(20)22(30-34)33-8-7-31(14-24(33)4-5-24)23-28-11-17(27)12-29-23/h3,6,9-13,15H,4-5,7-8,14H2,1-2H3. The fourth-order valence-electron chi connectivity index (χ4n) is 5.03. The molecule has 1 spiro atoms. The van der Waals surface area contributed by atoms with Crippen LogP contribution < -0.4 is 9.80 Å². The van der Waals surface area contributed by atoms with Gasteiger partial charge in [0.1, 0.15) is 10.7 Å². The van der Waals surface area contributed by atoms with E-state index in [-0.39, 0.29) is 26.6 Å². The van der Waals surface area contributed by atoms with Crippen LogP contribution in [0.5, 0.6) is 0 Å². The van der Waals surface area contributed by atoms with Crippen LogP contribution in [-0.4, -0.2) is 70.4 Å². The minimum absolute atomic E-state index is 0.00787. The zero-order chi connectivity index (χ0) is 28.6. The molecule has 0 unspecified atom stereocenters. The van der Waals surface area contributed by atoms with E-state index in [1.165, 1.54) is 13.8 Å². The predicted octanol–water partition coefficient (Wildman–Crippen LogP) is 3.24. The molecule has 0 N–H and O–H groups in total. The molecular formula is C24H24ClF2N7O4S2. The van der Waals surface area contributed by atoms with Crippen molar-refractivity contribution in [1.29, 1.82) is 0 Å². The van der Waals surface area contributed by atoms with Gasteiger partial charge in [0.05, 0.1) is 39.1 Å². The van der Waals surface area contributed by atoms with Gasteiger partial charge in [-0.1, -0.05) is 11.6 Å². The quantitative estimate of drug-likeness (QED) is 0.323. The molecule has 40 heavy (non-hydrogen) atoms. The number of rotatable bonds is 6. The third-order valence-electron chi connectivity index (χ3n) is 7.33. The maximum Gasteiger partial charge on any atom is 0.285 e. The van der Waals surface area contributed by atoms with Crippen molar-refractivity contribution in [2.75, 3.05) is 29.4 Å². The summed E-state index contributed by atoms with van der Waals surface area (Å²) in [5, 5.41) is 3.93. The van der Waals surface area contributed by atoms with Gasteiger partial charge in [-0.2, -0.15) is 12.5 Å². The van der Waals surface area contributed by atoms with Crippen molar-refractivity contribution in [1.82, 2.24) is 23.1 Å². The van der Waals surface area contributed by atoms with Gasteiger partial charge in [0.15, 0.2) is 11.6 Å². The van der Waals surface area contributed by atoms with Gasteiger partial charge >= 0.3 is 0 Å². The van der Waals surface area contributed by atoms with Gasteiger partial charge in [-0.25, -0.2) is 27.2 Å². The topological polar surface area (TPSA) is 123 Å². The molecule has 0 radical (unpaired) electrons. The van der Waals surface area contributed by atoms with Crippen LogP contribution in [0.15, 0.2) is 47.9 Å². The monoisotopic (exact) mass is 611 g/mol. The van der Waals surface area contributed by atoms with Crippen LogP contribution in [0.3, 0.4) is 0 Å². The summed E-state index contributed by atoms with van der Waals surface area (Å²) in [6.07, 6.45) is 5.88. The Morgan fingerprint density at radius 3 is 2.38 bits per heavy atom. The Morgan fingerprint density at radius 2 is 1.73 bits per heavy atom. The predicted molar refractivity (Wildman–Crippen MR) is 145 cm³/mol. The Balaban J connectivity index is 1.43. The SMILES string of the molecule is CC(C)S(=O)(=O)n1ccc(S(=O)(=O)n2nc(N3CCN(c4ncc(F)cn4)CC34CC4)c3c(Cl)cc(F)cc32)c1. The molecule has 3 aromatic heterocycles. The largest absolute Gasteiger partial charge is 0.345 e. The van der Waals surface area contributed by atoms with Crippen molar-refractivity contribution in [3.05, 3.63) is 59.6 Å². The molecule has 4 aromatic rings. The number of benzene rings is 1. The van der Waals surface area contributed by atoms with Gasteiger partial charge in [-0.15, -0.1) is 5.10 Å². The number of hydrogen-bond acceptors (Lipinski definition) is 9. The fourth-order valence-corrected chi connectivity index (χ4v) is 7.62. The summed E-state index contributed by atoms with van der Waals surface area (Å²) in [5.41, 5.74) is -0.502. The lowest BCUT2D eigenvalue weighted by Crippen LogP contribution is -2.56. The minimum atomic E-state index is -4.45. The number of aromatic nitrogens is 5. The zero-order valence-corrected chi connectivity index (χ0v) is 23.8. The highest BCUT2D eigenvalue weighted by molar-refractivity contribution is 7.91. The highest BCUT2D eigenvalue weighted by Crippen LogP contribution is 2.49. The Kier molecular flexibility index (Phi) is 6.12. The van der Waals surface area contributed by atoms with Crippen LogP contribution in [0.25, 0.3) is 10.9 Å². The van der Waals surface area contributed by atoms with Gasteiger partial charge in [0.2, 0.25) is 16.0 Å². The van der Waals surface area contributed by atoms with Gasteiger partial charge in [0.25, 0.3) is 10.0 Å². The fraction of sp³-hybridized carbons (Fsp3) is 0.375. The first-order valence-electron chi connectivity index (χ1n) is 12.4. The molecule has 0 amide bonds. The van der Waals surface area contributed by atoms with E-state index >= 15 is 0 Å². The van der Waals surface area contributed by atoms with E-state index < -0.39 is 42.5 Å². The average molecular weight is 612 g/mol. The minimum Gasteiger partial charge on any atom is -0.345 e. The maximum absolute atomic E-state index is 14.5. The summed E-state index contributed by atoms with van der Waals surface area (Å²) < 4.78 is 82.2. The molecule has 1 aliphatic carbocycles. The number of fused-ring (bicyclic) bond motifs is 1. The van der Waals surface area contributed by atoms with Crippen LogP contribution >= 0.6 is 11.6 Å². The number of hydrogen-bond donors (Lipinski definition) is 0. The van der Waals surface area contributed by atoms with Crippen molar-refractivity contribution >= 4 is 54.3 Å². The lowest BCUT2D eigenvalue weighted by molar-refractivity contribution is 0.497. The second-order valence-corrected chi connectivity index (χ2v) is 14.8. The molecule has 1 aromatic carbocycles. The Morgan fingerprint density at radius 1 is 1.02 bits per heavy atom. The molecule has 0 bridgehead atoms. The lowest BCUT2D eigenvalue weighted by atomic mass is 10.1. The summed E-state index contributed by atoms with van der Waals surface area (Å²) in [6, 6.07) is 3.30. The van der Waals surface area contributed by atoms with Crippen molar-refractivity contribution in [3.8, 4) is 0 Å². The summed E-state index contributed by atoms with van der Waals surface area (Å²) >= 11 is 6.48. The van der Waals surface area contributed by atoms with E-state index in [9.17, 15) is 25.6 Å². The van der Waals surface area contributed by atoms with E-state index in [1.807, 2.05) is 9.80 Å². The molecule has 1 saturated heterocycles. The summed E-state index contributed by atoms with van der Waals surface area (Å²) in [7, 11) is -8.26. The Labute approximate surface area is 234 Å². The van der Waals surface area contributed by atoms with Crippen LogP contribution in [-0.2, 0) is 20.0 Å². The molecule has 4 heterocycles. The van der Waals surface area contributed by atoms with Crippen molar-refractivity contribution < 1.29 is 25.6 Å². The molecule has 212 valence electrons.